The minimum absolute atomic E-state index is 0.0521. The molecule has 5 rings (SSSR count). The van der Waals surface area contributed by atoms with Gasteiger partial charge in [-0.15, -0.1) is 0 Å². The molecule has 1 heterocycles. The van der Waals surface area contributed by atoms with Crippen molar-refractivity contribution in [2.24, 2.45) is 5.92 Å². The molecule has 0 saturated heterocycles. The lowest BCUT2D eigenvalue weighted by Crippen LogP contribution is -2.24. The van der Waals surface area contributed by atoms with E-state index in [0.29, 0.717) is 27.6 Å². The second kappa shape index (κ2) is 8.82. The molecule has 0 amide bonds. The number of carbonyl (C=O) groups is 1. The molecule has 172 valence electrons. The summed E-state index contributed by atoms with van der Waals surface area (Å²) in [6.07, 6.45) is 9.01. The maximum atomic E-state index is 15.2. The molecular formula is C26H26ClFN2O3. The van der Waals surface area contributed by atoms with Crippen molar-refractivity contribution in [3.8, 4) is 22.6 Å². The molecule has 0 spiro atoms. The summed E-state index contributed by atoms with van der Waals surface area (Å²) < 4.78 is 20.4. The highest BCUT2D eigenvalue weighted by Gasteiger charge is 2.33. The van der Waals surface area contributed by atoms with Gasteiger partial charge in [0.15, 0.2) is 17.3 Å². The van der Waals surface area contributed by atoms with E-state index in [-0.39, 0.29) is 34.3 Å². The van der Waals surface area contributed by atoms with Gasteiger partial charge in [-0.25, -0.2) is 4.39 Å². The highest BCUT2D eigenvalue weighted by atomic mass is 35.5. The highest BCUT2D eigenvalue weighted by Crippen LogP contribution is 2.42. The molecule has 0 aliphatic heterocycles. The summed E-state index contributed by atoms with van der Waals surface area (Å²) in [5.74, 6) is -0.348. The van der Waals surface area contributed by atoms with Crippen LogP contribution in [-0.2, 0) is 0 Å². The van der Waals surface area contributed by atoms with Gasteiger partial charge in [0, 0.05) is 35.2 Å². The molecule has 2 N–H and O–H groups in total. The van der Waals surface area contributed by atoms with Crippen molar-refractivity contribution >= 4 is 34.0 Å². The van der Waals surface area contributed by atoms with Crippen molar-refractivity contribution in [3.05, 3.63) is 46.9 Å². The van der Waals surface area contributed by atoms with Crippen molar-refractivity contribution in [2.75, 3.05) is 12.4 Å². The van der Waals surface area contributed by atoms with Crippen molar-refractivity contribution in [3.63, 3.8) is 0 Å². The van der Waals surface area contributed by atoms with Gasteiger partial charge in [-0.2, -0.15) is 0 Å². The van der Waals surface area contributed by atoms with Gasteiger partial charge in [-0.1, -0.05) is 30.9 Å². The molecule has 5 nitrogen and oxygen atoms in total. The zero-order valence-electron chi connectivity index (χ0n) is 18.5. The number of ketones is 1. The van der Waals surface area contributed by atoms with Crippen molar-refractivity contribution in [1.82, 2.24) is 4.98 Å². The Morgan fingerprint density at radius 3 is 2.61 bits per heavy atom. The maximum Gasteiger partial charge on any atom is 0.176 e. The summed E-state index contributed by atoms with van der Waals surface area (Å²) in [4.78, 5) is 17.5. The standard InChI is InChI=1S/C26H26ClFN2O3/c1-33-23-10-15(9-20(27)26(23)32)17-11-18-22(12-21(17)28)29-13-19(25(31)14-7-8-14)24(18)30-16-5-3-2-4-6-16/h9-14,16,32H,2-8H2,1H3,(H,29,30). The third kappa shape index (κ3) is 4.24. The van der Waals surface area contributed by atoms with Crippen molar-refractivity contribution in [1.29, 1.82) is 0 Å². The number of carbonyl (C=O) groups excluding carboxylic acids is 1. The first-order valence-electron chi connectivity index (χ1n) is 11.5. The number of Topliss-reactive ketones (excluding diaryl/α,β-unsaturated/α-hetero) is 1. The molecule has 2 aromatic carbocycles. The molecule has 0 atom stereocenters. The lowest BCUT2D eigenvalue weighted by Gasteiger charge is -2.26. The third-order valence-corrected chi connectivity index (χ3v) is 6.97. The zero-order chi connectivity index (χ0) is 23.1. The fraction of sp³-hybridized carbons (Fsp3) is 0.385. The quantitative estimate of drug-likeness (QED) is 0.392. The number of aromatic nitrogens is 1. The predicted molar refractivity (Wildman–Crippen MR) is 128 cm³/mol. The highest BCUT2D eigenvalue weighted by molar-refractivity contribution is 6.32. The molecule has 33 heavy (non-hydrogen) atoms. The number of phenolic OH excluding ortho intramolecular Hbond substituents is 1. The molecule has 2 aliphatic carbocycles. The summed E-state index contributed by atoms with van der Waals surface area (Å²) >= 11 is 6.17. The monoisotopic (exact) mass is 468 g/mol. The summed E-state index contributed by atoms with van der Waals surface area (Å²) in [6, 6.07) is 6.42. The number of anilines is 1. The van der Waals surface area contributed by atoms with Crippen LogP contribution in [-0.4, -0.2) is 29.0 Å². The van der Waals surface area contributed by atoms with Crippen molar-refractivity contribution < 1.29 is 19.0 Å². The maximum absolute atomic E-state index is 15.2. The topological polar surface area (TPSA) is 71.5 Å². The number of hydrogen-bond donors (Lipinski definition) is 2. The van der Waals surface area contributed by atoms with E-state index >= 15 is 4.39 Å². The minimum atomic E-state index is -0.469. The third-order valence-electron chi connectivity index (χ3n) is 6.68. The predicted octanol–water partition coefficient (Wildman–Crippen LogP) is 6.75. The van der Waals surface area contributed by atoms with Crippen LogP contribution in [0.5, 0.6) is 11.5 Å². The normalized spacial score (nSPS) is 16.7. The van der Waals surface area contributed by atoms with Crippen LogP contribution in [0.3, 0.4) is 0 Å². The molecule has 0 bridgehead atoms. The average molecular weight is 469 g/mol. The van der Waals surface area contributed by atoms with Gasteiger partial charge in [-0.3, -0.25) is 9.78 Å². The Kier molecular flexibility index (Phi) is 5.87. The molecular weight excluding hydrogens is 443 g/mol. The van der Waals surface area contributed by atoms with Crippen LogP contribution in [0, 0.1) is 11.7 Å². The van der Waals surface area contributed by atoms with Gasteiger partial charge in [0.1, 0.15) is 5.82 Å². The Labute approximate surface area is 196 Å². The number of nitrogens with one attached hydrogen (secondary N) is 1. The van der Waals surface area contributed by atoms with Gasteiger partial charge >= 0.3 is 0 Å². The smallest absolute Gasteiger partial charge is 0.176 e. The molecule has 0 unspecified atom stereocenters. The number of halogens is 2. The summed E-state index contributed by atoms with van der Waals surface area (Å²) in [5.41, 5.74) is 2.57. The van der Waals surface area contributed by atoms with Crippen LogP contribution in [0.2, 0.25) is 5.02 Å². The van der Waals surface area contributed by atoms with Gasteiger partial charge in [0.2, 0.25) is 0 Å². The number of methoxy groups -OCH3 is 1. The van der Waals surface area contributed by atoms with E-state index in [0.717, 1.165) is 44.2 Å². The Bertz CT molecular complexity index is 1240. The van der Waals surface area contributed by atoms with Crippen LogP contribution in [0.25, 0.3) is 22.0 Å². The van der Waals surface area contributed by atoms with Gasteiger partial charge < -0.3 is 15.2 Å². The lowest BCUT2D eigenvalue weighted by molar-refractivity contribution is 0.0968. The van der Waals surface area contributed by atoms with Crippen LogP contribution in [0.4, 0.5) is 10.1 Å². The van der Waals surface area contributed by atoms with Crippen LogP contribution >= 0.6 is 11.6 Å². The number of nitrogens with zero attached hydrogens (tertiary/aromatic N) is 1. The van der Waals surface area contributed by atoms with E-state index < -0.39 is 5.82 Å². The van der Waals surface area contributed by atoms with Gasteiger partial charge in [0.25, 0.3) is 0 Å². The first-order chi connectivity index (χ1) is 16.0. The van der Waals surface area contributed by atoms with E-state index in [9.17, 15) is 9.90 Å². The van der Waals surface area contributed by atoms with Gasteiger partial charge in [-0.05, 0) is 49.4 Å². The fourth-order valence-corrected chi connectivity index (χ4v) is 4.89. The molecule has 1 aromatic heterocycles. The van der Waals surface area contributed by atoms with E-state index in [1.54, 1.807) is 18.3 Å². The number of aromatic hydroxyl groups is 1. The van der Waals surface area contributed by atoms with Crippen molar-refractivity contribution in [2.45, 2.75) is 51.0 Å². The molecule has 2 aliphatic rings. The number of hydrogen-bond acceptors (Lipinski definition) is 5. The summed E-state index contributed by atoms with van der Waals surface area (Å²) in [7, 11) is 1.41. The van der Waals surface area contributed by atoms with E-state index in [4.69, 9.17) is 16.3 Å². The number of pyridine rings is 1. The van der Waals surface area contributed by atoms with E-state index in [2.05, 4.69) is 10.3 Å². The molecule has 7 heteroatoms. The first-order valence-corrected chi connectivity index (χ1v) is 11.8. The Morgan fingerprint density at radius 2 is 1.91 bits per heavy atom. The number of fused-ring (bicyclic) bond motifs is 1. The largest absolute Gasteiger partial charge is 0.503 e. The number of phenols is 1. The minimum Gasteiger partial charge on any atom is -0.503 e. The van der Waals surface area contributed by atoms with E-state index in [1.165, 1.54) is 25.7 Å². The SMILES string of the molecule is COc1cc(-c2cc3c(NC4CCCCC4)c(C(=O)C4CC4)cnc3cc2F)cc(Cl)c1O. The Balaban J connectivity index is 1.68. The molecule has 3 aromatic rings. The number of ether oxygens (including phenoxy) is 1. The Hall–Kier alpha value is -2.86. The van der Waals surface area contributed by atoms with Crippen LogP contribution < -0.4 is 10.1 Å². The number of benzene rings is 2. The Morgan fingerprint density at radius 1 is 1.15 bits per heavy atom. The zero-order valence-corrected chi connectivity index (χ0v) is 19.2. The van der Waals surface area contributed by atoms with Crippen LogP contribution in [0.15, 0.2) is 30.5 Å². The molecule has 2 fully saturated rings. The van der Waals surface area contributed by atoms with Gasteiger partial charge in [0.05, 0.1) is 28.9 Å². The molecule has 0 radical (unpaired) electrons. The van der Waals surface area contributed by atoms with E-state index in [1.807, 2.05) is 0 Å². The second-order valence-electron chi connectivity index (χ2n) is 9.02. The lowest BCUT2D eigenvalue weighted by atomic mass is 9.93. The van der Waals surface area contributed by atoms with Crippen LogP contribution in [0.1, 0.15) is 55.3 Å². The second-order valence-corrected chi connectivity index (χ2v) is 9.43. The summed E-state index contributed by atoms with van der Waals surface area (Å²) in [6.45, 7) is 0. The first kappa shape index (κ1) is 22.0. The molecule has 2 saturated carbocycles. The summed E-state index contributed by atoms with van der Waals surface area (Å²) in [5, 5.41) is 14.5. The number of rotatable bonds is 6. The fourth-order valence-electron chi connectivity index (χ4n) is 4.68. The average Bonchev–Trinajstić information content (AvgIpc) is 3.66.